The van der Waals surface area contributed by atoms with Crippen LogP contribution < -0.4 is 5.32 Å². The summed E-state index contributed by atoms with van der Waals surface area (Å²) in [5.74, 6) is -0.339. The molecule has 1 amide bonds. The summed E-state index contributed by atoms with van der Waals surface area (Å²) in [6.45, 7) is 1.95. The molecule has 4 heteroatoms. The summed E-state index contributed by atoms with van der Waals surface area (Å²) in [6.07, 6.45) is 0.274. The molecule has 1 aromatic carbocycles. The standard InChI is InChI=1S/C14H14FNOS/c1-10(13-3-2-8-18-13)16-14(17)9-11-4-6-12(15)7-5-11/h2-8,10H,9H2,1H3,(H,16,17). The predicted molar refractivity (Wildman–Crippen MR) is 71.0 cm³/mol. The number of carbonyl (C=O) groups excluding carboxylic acids is 1. The highest BCUT2D eigenvalue weighted by molar-refractivity contribution is 7.10. The predicted octanol–water partition coefficient (Wildman–Crippen LogP) is 3.31. The number of hydrogen-bond donors (Lipinski definition) is 1. The number of rotatable bonds is 4. The van der Waals surface area contributed by atoms with E-state index in [2.05, 4.69) is 5.32 Å². The minimum Gasteiger partial charge on any atom is -0.348 e. The Labute approximate surface area is 109 Å². The quantitative estimate of drug-likeness (QED) is 0.901. The van der Waals surface area contributed by atoms with E-state index < -0.39 is 0 Å². The number of hydrogen-bond acceptors (Lipinski definition) is 2. The fourth-order valence-corrected chi connectivity index (χ4v) is 2.42. The zero-order chi connectivity index (χ0) is 13.0. The summed E-state index contributed by atoms with van der Waals surface area (Å²) in [5.41, 5.74) is 0.812. The van der Waals surface area contributed by atoms with E-state index >= 15 is 0 Å². The maximum Gasteiger partial charge on any atom is 0.224 e. The van der Waals surface area contributed by atoms with E-state index in [0.717, 1.165) is 10.4 Å². The van der Waals surface area contributed by atoms with Crippen molar-refractivity contribution in [3.8, 4) is 0 Å². The van der Waals surface area contributed by atoms with E-state index in [1.807, 2.05) is 24.4 Å². The number of benzene rings is 1. The Kier molecular flexibility index (Phi) is 4.10. The van der Waals surface area contributed by atoms with Crippen LogP contribution in [0.25, 0.3) is 0 Å². The second-order valence-corrected chi connectivity index (χ2v) is 5.09. The van der Waals surface area contributed by atoms with Crippen molar-refractivity contribution >= 4 is 17.2 Å². The average molecular weight is 263 g/mol. The molecule has 94 valence electrons. The third-order valence-electron chi connectivity index (χ3n) is 2.63. The molecule has 2 rings (SSSR count). The maximum atomic E-state index is 12.7. The smallest absolute Gasteiger partial charge is 0.224 e. The van der Waals surface area contributed by atoms with Gasteiger partial charge in [0.15, 0.2) is 0 Å². The van der Waals surface area contributed by atoms with Crippen LogP contribution in [-0.2, 0) is 11.2 Å². The molecular formula is C14H14FNOS. The highest BCUT2D eigenvalue weighted by atomic mass is 32.1. The van der Waals surface area contributed by atoms with Gasteiger partial charge in [0.05, 0.1) is 12.5 Å². The number of thiophene rings is 1. The molecule has 2 nitrogen and oxygen atoms in total. The molecule has 0 aliphatic heterocycles. The largest absolute Gasteiger partial charge is 0.348 e. The third kappa shape index (κ3) is 3.40. The Morgan fingerprint density at radius 3 is 2.67 bits per heavy atom. The van der Waals surface area contributed by atoms with Crippen LogP contribution in [0.2, 0.25) is 0 Å². The SMILES string of the molecule is CC(NC(=O)Cc1ccc(F)cc1)c1cccs1. The van der Waals surface area contributed by atoms with Crippen LogP contribution in [0.1, 0.15) is 23.4 Å². The van der Waals surface area contributed by atoms with Gasteiger partial charge in [-0.1, -0.05) is 18.2 Å². The number of amides is 1. The Bertz CT molecular complexity index is 507. The van der Waals surface area contributed by atoms with Gasteiger partial charge in [0, 0.05) is 4.88 Å². The van der Waals surface area contributed by atoms with Crippen LogP contribution in [0.15, 0.2) is 41.8 Å². The van der Waals surface area contributed by atoms with Crippen molar-refractivity contribution in [3.63, 3.8) is 0 Å². The first-order chi connectivity index (χ1) is 8.65. The molecule has 2 aromatic rings. The molecule has 0 fully saturated rings. The molecule has 1 heterocycles. The summed E-state index contributed by atoms with van der Waals surface area (Å²) < 4.78 is 12.7. The highest BCUT2D eigenvalue weighted by Crippen LogP contribution is 2.18. The average Bonchev–Trinajstić information content (AvgIpc) is 2.85. The van der Waals surface area contributed by atoms with Crippen LogP contribution in [0.5, 0.6) is 0 Å². The fraction of sp³-hybridized carbons (Fsp3) is 0.214. The highest BCUT2D eigenvalue weighted by Gasteiger charge is 2.10. The van der Waals surface area contributed by atoms with Gasteiger partial charge in [-0.25, -0.2) is 4.39 Å². The first kappa shape index (κ1) is 12.8. The van der Waals surface area contributed by atoms with Gasteiger partial charge in [-0.3, -0.25) is 4.79 Å². The first-order valence-corrected chi connectivity index (χ1v) is 6.60. The first-order valence-electron chi connectivity index (χ1n) is 5.72. The van der Waals surface area contributed by atoms with Crippen LogP contribution in [-0.4, -0.2) is 5.91 Å². The fourth-order valence-electron chi connectivity index (χ4n) is 1.69. The maximum absolute atomic E-state index is 12.7. The molecule has 0 bridgehead atoms. The number of carbonyl (C=O) groups is 1. The van der Waals surface area contributed by atoms with Crippen molar-refractivity contribution in [2.24, 2.45) is 0 Å². The van der Waals surface area contributed by atoms with Crippen LogP contribution >= 0.6 is 11.3 Å². The molecule has 1 N–H and O–H groups in total. The molecule has 0 radical (unpaired) electrons. The molecule has 0 saturated carbocycles. The van der Waals surface area contributed by atoms with E-state index in [-0.39, 0.29) is 24.2 Å². The van der Waals surface area contributed by atoms with Gasteiger partial charge >= 0.3 is 0 Å². The van der Waals surface area contributed by atoms with E-state index in [9.17, 15) is 9.18 Å². The molecule has 0 aliphatic carbocycles. The lowest BCUT2D eigenvalue weighted by atomic mass is 10.1. The number of nitrogens with one attached hydrogen (secondary N) is 1. The minimum atomic E-state index is -0.286. The lowest BCUT2D eigenvalue weighted by Gasteiger charge is -2.12. The van der Waals surface area contributed by atoms with Crippen LogP contribution in [0.4, 0.5) is 4.39 Å². The Morgan fingerprint density at radius 2 is 2.06 bits per heavy atom. The van der Waals surface area contributed by atoms with E-state index in [1.54, 1.807) is 23.5 Å². The second-order valence-electron chi connectivity index (χ2n) is 4.11. The topological polar surface area (TPSA) is 29.1 Å². The zero-order valence-electron chi connectivity index (χ0n) is 10.0. The van der Waals surface area contributed by atoms with Crippen molar-refractivity contribution in [3.05, 3.63) is 58.0 Å². The van der Waals surface area contributed by atoms with Gasteiger partial charge in [-0.15, -0.1) is 11.3 Å². The van der Waals surface area contributed by atoms with Crippen molar-refractivity contribution < 1.29 is 9.18 Å². The van der Waals surface area contributed by atoms with Gasteiger partial charge in [0.25, 0.3) is 0 Å². The van der Waals surface area contributed by atoms with Crippen LogP contribution in [0, 0.1) is 5.82 Å². The molecule has 0 aliphatic rings. The Balaban J connectivity index is 1.91. The number of halogens is 1. The van der Waals surface area contributed by atoms with Gasteiger partial charge in [-0.2, -0.15) is 0 Å². The van der Waals surface area contributed by atoms with Gasteiger partial charge in [0.1, 0.15) is 5.82 Å². The van der Waals surface area contributed by atoms with Crippen molar-refractivity contribution in [1.82, 2.24) is 5.32 Å². The van der Waals surface area contributed by atoms with E-state index in [0.29, 0.717) is 0 Å². The summed E-state index contributed by atoms with van der Waals surface area (Å²) in [6, 6.07) is 9.96. The summed E-state index contributed by atoms with van der Waals surface area (Å²) in [7, 11) is 0. The monoisotopic (exact) mass is 263 g/mol. The molecule has 18 heavy (non-hydrogen) atoms. The Morgan fingerprint density at radius 1 is 1.33 bits per heavy atom. The normalized spacial score (nSPS) is 12.1. The molecule has 0 saturated heterocycles. The molecule has 1 aromatic heterocycles. The van der Waals surface area contributed by atoms with E-state index in [4.69, 9.17) is 0 Å². The van der Waals surface area contributed by atoms with Crippen molar-refractivity contribution in [1.29, 1.82) is 0 Å². The Hall–Kier alpha value is -1.68. The second kappa shape index (κ2) is 5.78. The van der Waals surface area contributed by atoms with Crippen molar-refractivity contribution in [2.75, 3.05) is 0 Å². The minimum absolute atomic E-state index is 0.0120. The molecule has 1 atom stereocenters. The summed E-state index contributed by atoms with van der Waals surface area (Å²) in [4.78, 5) is 12.9. The van der Waals surface area contributed by atoms with Gasteiger partial charge in [-0.05, 0) is 36.1 Å². The summed E-state index contributed by atoms with van der Waals surface area (Å²) >= 11 is 1.62. The molecule has 1 unspecified atom stereocenters. The summed E-state index contributed by atoms with van der Waals surface area (Å²) in [5, 5.41) is 4.91. The molecular weight excluding hydrogens is 249 g/mol. The van der Waals surface area contributed by atoms with Crippen molar-refractivity contribution in [2.45, 2.75) is 19.4 Å². The lowest BCUT2D eigenvalue weighted by Crippen LogP contribution is -2.27. The third-order valence-corrected chi connectivity index (χ3v) is 3.68. The van der Waals surface area contributed by atoms with Gasteiger partial charge in [0.2, 0.25) is 5.91 Å². The lowest BCUT2D eigenvalue weighted by molar-refractivity contribution is -0.121. The van der Waals surface area contributed by atoms with E-state index in [1.165, 1.54) is 12.1 Å². The zero-order valence-corrected chi connectivity index (χ0v) is 10.8. The van der Waals surface area contributed by atoms with Gasteiger partial charge < -0.3 is 5.32 Å². The molecule has 0 spiro atoms. The van der Waals surface area contributed by atoms with Crippen LogP contribution in [0.3, 0.4) is 0 Å².